The van der Waals surface area contributed by atoms with Crippen LogP contribution in [-0.4, -0.2) is 120 Å². The van der Waals surface area contributed by atoms with Gasteiger partial charge in [0.1, 0.15) is 35.7 Å². The van der Waals surface area contributed by atoms with E-state index >= 15 is 0 Å². The van der Waals surface area contributed by atoms with Gasteiger partial charge in [-0.3, -0.25) is 38.4 Å². The van der Waals surface area contributed by atoms with Crippen LogP contribution in [0.25, 0.3) is 0 Å². The summed E-state index contributed by atoms with van der Waals surface area (Å²) in [6, 6.07) is 0.246. The van der Waals surface area contributed by atoms with Crippen molar-refractivity contribution in [2.45, 2.75) is 131 Å². The molecule has 70 heavy (non-hydrogen) atoms. The number of nitrogens with two attached hydrogens (primary N) is 2. The van der Waals surface area contributed by atoms with E-state index in [2.05, 4.69) is 42.5 Å². The third-order valence-corrected chi connectivity index (χ3v) is 11.2. The van der Waals surface area contributed by atoms with Crippen LogP contribution < -0.4 is 54.0 Å². The molecule has 22 heteroatoms. The quantitative estimate of drug-likeness (QED) is 0.0368. The number of phenols is 2. The highest BCUT2D eigenvalue weighted by Crippen LogP contribution is 2.42. The number of rotatable bonds is 28. The number of fused-ring (bicyclic) bond motifs is 2. The predicted molar refractivity (Wildman–Crippen MR) is 280 cm³/mol. The molecule has 6 amide bonds. The number of ketones is 2. The number of anilines is 2. The van der Waals surface area contributed by atoms with Gasteiger partial charge in [0.15, 0.2) is 0 Å². The molecular weight excluding hydrogens is 1040 g/mol. The van der Waals surface area contributed by atoms with E-state index in [1.807, 2.05) is 55.4 Å². The highest BCUT2D eigenvalue weighted by atomic mass is 79.9. The van der Waals surface area contributed by atoms with Crippen LogP contribution in [0.2, 0.25) is 0 Å². The van der Waals surface area contributed by atoms with Crippen molar-refractivity contribution >= 4 is 92.3 Å². The van der Waals surface area contributed by atoms with Crippen LogP contribution in [0.4, 0.5) is 11.4 Å². The summed E-state index contributed by atoms with van der Waals surface area (Å²) >= 11 is 0. The highest BCUT2D eigenvalue weighted by molar-refractivity contribution is 8.93. The Hall–Kier alpha value is -5.32. The summed E-state index contributed by atoms with van der Waals surface area (Å²) in [5, 5.41) is 44.9. The van der Waals surface area contributed by atoms with Gasteiger partial charge in [0.25, 0.3) is 0 Å². The summed E-state index contributed by atoms with van der Waals surface area (Å²) in [6.45, 7) is 19.0. The highest BCUT2D eigenvalue weighted by Gasteiger charge is 2.38. The molecule has 20 nitrogen and oxygen atoms in total. The minimum atomic E-state index is -0.975. The number of carbonyl (C=O) groups excluding carboxylic acids is 8. The van der Waals surface area contributed by atoms with Crippen molar-refractivity contribution in [1.82, 2.24) is 31.9 Å². The topological polar surface area (TPSA) is 325 Å². The Bertz CT molecular complexity index is 2030. The second kappa shape index (κ2) is 29.1. The number of benzene rings is 2. The van der Waals surface area contributed by atoms with Crippen molar-refractivity contribution in [3.05, 3.63) is 46.5 Å². The van der Waals surface area contributed by atoms with Gasteiger partial charge in [-0.05, 0) is 87.5 Å². The average Bonchev–Trinajstić information content (AvgIpc) is 3.24. The van der Waals surface area contributed by atoms with Crippen molar-refractivity contribution in [2.24, 2.45) is 35.1 Å². The van der Waals surface area contributed by atoms with E-state index in [-0.39, 0.29) is 117 Å². The monoisotopic (exact) mass is 1110 g/mol. The Labute approximate surface area is 432 Å². The number of primary amides is 2. The van der Waals surface area contributed by atoms with Crippen molar-refractivity contribution in [3.63, 3.8) is 0 Å². The van der Waals surface area contributed by atoms with Gasteiger partial charge < -0.3 is 64.2 Å². The maximum absolute atomic E-state index is 14.2. The Morgan fingerprint density at radius 3 is 1.03 bits per heavy atom. The number of carbonyl (C=O) groups is 8. The van der Waals surface area contributed by atoms with Crippen LogP contribution in [0.1, 0.15) is 127 Å². The van der Waals surface area contributed by atoms with Crippen LogP contribution in [0, 0.1) is 23.7 Å². The van der Waals surface area contributed by atoms with Crippen LogP contribution in [0.15, 0.2) is 24.3 Å². The minimum absolute atomic E-state index is 0. The van der Waals surface area contributed by atoms with Gasteiger partial charge in [-0.25, -0.2) is 0 Å². The first-order valence-corrected chi connectivity index (χ1v) is 23.4. The average molecular weight is 1110 g/mol. The number of phenolic OH excluding ortho intramolecular Hbond substituents is 2. The molecule has 0 heterocycles. The molecule has 0 bridgehead atoms. The van der Waals surface area contributed by atoms with E-state index in [1.165, 1.54) is 13.8 Å². The second-order valence-electron chi connectivity index (χ2n) is 19.2. The summed E-state index contributed by atoms with van der Waals surface area (Å²) < 4.78 is 0. The lowest BCUT2D eigenvalue weighted by Gasteiger charge is -2.26. The Morgan fingerprint density at radius 1 is 0.443 bits per heavy atom. The first kappa shape index (κ1) is 62.7. The zero-order valence-electron chi connectivity index (χ0n) is 41.9. The number of nitrogens with one attached hydrogen (secondary N) is 8. The van der Waals surface area contributed by atoms with E-state index in [1.54, 1.807) is 12.1 Å². The van der Waals surface area contributed by atoms with Crippen molar-refractivity contribution in [1.29, 1.82) is 0 Å². The summed E-state index contributed by atoms with van der Waals surface area (Å²) in [6.07, 6.45) is 1.50. The van der Waals surface area contributed by atoms with Crippen LogP contribution in [0.3, 0.4) is 0 Å². The van der Waals surface area contributed by atoms with Crippen molar-refractivity contribution in [2.75, 3.05) is 36.8 Å². The third kappa shape index (κ3) is 18.1. The lowest BCUT2D eigenvalue weighted by atomic mass is 9.81. The molecule has 0 saturated carbocycles. The van der Waals surface area contributed by atoms with E-state index in [0.717, 1.165) is 12.1 Å². The molecule has 392 valence electrons. The van der Waals surface area contributed by atoms with Crippen LogP contribution >= 0.6 is 34.0 Å². The Balaban J connectivity index is 0.0000122. The molecule has 0 aliphatic heterocycles. The van der Waals surface area contributed by atoms with Crippen molar-refractivity contribution in [3.8, 4) is 11.5 Å². The van der Waals surface area contributed by atoms with Gasteiger partial charge in [-0.15, -0.1) is 34.0 Å². The molecule has 1 aliphatic rings. The summed E-state index contributed by atoms with van der Waals surface area (Å²) in [7, 11) is 0. The molecule has 0 unspecified atom stereocenters. The third-order valence-electron chi connectivity index (χ3n) is 11.2. The molecule has 2 aromatic rings. The lowest BCUT2D eigenvalue weighted by Crippen LogP contribution is -2.55. The van der Waals surface area contributed by atoms with Gasteiger partial charge >= 0.3 is 0 Å². The van der Waals surface area contributed by atoms with E-state index < -0.39 is 94.8 Å². The molecule has 0 spiro atoms. The lowest BCUT2D eigenvalue weighted by molar-refractivity contribution is -0.132. The minimum Gasteiger partial charge on any atom is -0.507 e. The number of hydrogen-bond donors (Lipinski definition) is 12. The number of amides is 6. The number of hydrogen-bond acceptors (Lipinski definition) is 14. The molecule has 3 rings (SSSR count). The first-order chi connectivity index (χ1) is 31.8. The second-order valence-corrected chi connectivity index (χ2v) is 19.2. The molecule has 0 fully saturated rings. The maximum atomic E-state index is 14.2. The molecule has 0 radical (unpaired) electrons. The zero-order valence-corrected chi connectivity index (χ0v) is 45.3. The maximum Gasteiger partial charge on any atom is 0.242 e. The van der Waals surface area contributed by atoms with Gasteiger partial charge in [-0.2, -0.15) is 0 Å². The van der Waals surface area contributed by atoms with Gasteiger partial charge in [-0.1, -0.05) is 55.4 Å². The number of aromatic hydroxyl groups is 2. The van der Waals surface area contributed by atoms with E-state index in [4.69, 9.17) is 11.5 Å². The predicted octanol–water partition coefficient (Wildman–Crippen LogP) is 2.90. The van der Waals surface area contributed by atoms with Gasteiger partial charge in [0.2, 0.25) is 47.0 Å². The zero-order chi connectivity index (χ0) is 51.2. The summed E-state index contributed by atoms with van der Waals surface area (Å²) in [5.74, 6) is -5.42. The SMILES string of the molecule is Br.Br.CC(C)C[C@H](NC(=O)[C@H](C)NC(=O)[C@H](CC(C)C)NCCNc1ccc(NCCN[C@@H](CC(C)C)C(=O)N[C@@H](C)C(=O)N[C@@H](CC(C)C)C(N)=O)c2c1C(=O)c1c(O)ccc(O)c1C2=O)C(N)=O. The van der Waals surface area contributed by atoms with E-state index in [0.29, 0.717) is 25.7 Å². The molecule has 0 saturated heterocycles. The Kier molecular flexibility index (Phi) is 26.1. The van der Waals surface area contributed by atoms with Crippen LogP contribution in [0.5, 0.6) is 11.5 Å². The molecule has 14 N–H and O–H groups in total. The molecule has 2 aromatic carbocycles. The molecular formula is C48H76Br2N10O10. The van der Waals surface area contributed by atoms with Gasteiger partial charge in [0.05, 0.1) is 34.3 Å². The fourth-order valence-electron chi connectivity index (χ4n) is 7.84. The summed E-state index contributed by atoms with van der Waals surface area (Å²) in [5.41, 5.74) is 10.7. The smallest absolute Gasteiger partial charge is 0.242 e. The Morgan fingerprint density at radius 2 is 0.743 bits per heavy atom. The van der Waals surface area contributed by atoms with Gasteiger partial charge in [0, 0.05) is 37.6 Å². The van der Waals surface area contributed by atoms with E-state index in [9.17, 15) is 48.6 Å². The number of halogens is 2. The molecule has 6 atom stereocenters. The first-order valence-electron chi connectivity index (χ1n) is 23.4. The van der Waals surface area contributed by atoms with Crippen molar-refractivity contribution < 1.29 is 48.6 Å². The molecule has 1 aliphatic carbocycles. The summed E-state index contributed by atoms with van der Waals surface area (Å²) in [4.78, 5) is 105. The van der Waals surface area contributed by atoms with Crippen LogP contribution in [-0.2, 0) is 28.8 Å². The fraction of sp³-hybridized carbons (Fsp3) is 0.583. The normalized spacial score (nSPS) is 14.4. The molecule has 0 aromatic heterocycles. The largest absolute Gasteiger partial charge is 0.507 e. The standard InChI is InChI=1S/C48H74N10O10.2BrH/c1-23(2)19-31(43(49)63)57-45(65)27(9)55-47(67)33(21-25(5)6)53-17-15-51-29-11-12-30(38-37(29)41(61)39-35(59)13-14-36(60)40(39)42(38)62)52-16-18-54-34(22-26(7)8)48(68)56-28(10)46(66)58-32(44(50)64)20-24(3)4;;/h11-14,23-28,31-34,51-54,59-60H,15-22H2,1-10H3,(H2,49,63)(H2,50,64)(H,55,67)(H,56,68)(H,57,65)(H,58,66);2*1H/t27-,28-,31-,32-,33-,34-;;/m0../s1. The fourth-order valence-corrected chi connectivity index (χ4v) is 7.84.